The lowest BCUT2D eigenvalue weighted by molar-refractivity contribution is -0.143. The molecule has 0 aliphatic carbocycles. The van der Waals surface area contributed by atoms with Crippen molar-refractivity contribution in [3.63, 3.8) is 0 Å². The van der Waals surface area contributed by atoms with Crippen molar-refractivity contribution in [3.05, 3.63) is 64.4 Å². The smallest absolute Gasteiger partial charge is 0.305 e. The summed E-state index contributed by atoms with van der Waals surface area (Å²) >= 11 is 6.14. The summed E-state index contributed by atoms with van der Waals surface area (Å²) < 4.78 is 19.7. The molecule has 0 bridgehead atoms. The number of fused-ring (bicyclic) bond motifs is 1. The second-order valence-corrected chi connectivity index (χ2v) is 7.20. The first kappa shape index (κ1) is 21.0. The normalized spacial score (nSPS) is 15.8. The highest BCUT2D eigenvalue weighted by Crippen LogP contribution is 2.29. The second-order valence-electron chi connectivity index (χ2n) is 6.77. The number of anilines is 1. The molecule has 0 saturated heterocycles. The van der Waals surface area contributed by atoms with Crippen LogP contribution < -0.4 is 5.32 Å². The maximum Gasteiger partial charge on any atom is 0.305 e. The molecule has 3 rings (SSSR count). The Hall–Kier alpha value is -2.73. The summed E-state index contributed by atoms with van der Waals surface area (Å²) in [5.41, 5.74) is 1.62. The number of nitrogens with zero attached hydrogens (tertiary/aromatic N) is 1. The van der Waals surface area contributed by atoms with Gasteiger partial charge in [0.1, 0.15) is 11.9 Å². The van der Waals surface area contributed by atoms with Gasteiger partial charge in [0.25, 0.3) is 0 Å². The van der Waals surface area contributed by atoms with Gasteiger partial charge in [0, 0.05) is 22.6 Å². The van der Waals surface area contributed by atoms with Gasteiger partial charge < -0.3 is 10.1 Å². The number of esters is 1. The zero-order valence-corrected chi connectivity index (χ0v) is 16.8. The van der Waals surface area contributed by atoms with E-state index in [9.17, 15) is 14.0 Å². The van der Waals surface area contributed by atoms with Crippen LogP contribution in [-0.2, 0) is 14.3 Å². The standard InChI is InChI=1S/C22H22ClFN2O3/c1-2-3-12-29-20(27)11-10-19-22(28)26-18-9-8-14(23)13-16(18)21(25-19)15-6-4-5-7-17(15)24/h4-9,13,19H,2-3,10-12H2,1H3,(H,26,28)/t19-/m0/s1. The molecule has 5 nitrogen and oxygen atoms in total. The number of amides is 1. The average molecular weight is 417 g/mol. The lowest BCUT2D eigenvalue weighted by Gasteiger charge is -2.11. The van der Waals surface area contributed by atoms with Crippen molar-refractivity contribution in [1.29, 1.82) is 0 Å². The molecule has 1 aliphatic rings. The largest absolute Gasteiger partial charge is 0.466 e. The Bertz CT molecular complexity index is 945. The number of ether oxygens (including phenoxy) is 1. The fraction of sp³-hybridized carbons (Fsp3) is 0.318. The fourth-order valence-electron chi connectivity index (χ4n) is 3.04. The number of benzodiazepines with no additional fused rings is 1. The van der Waals surface area contributed by atoms with Gasteiger partial charge in [-0.2, -0.15) is 0 Å². The van der Waals surface area contributed by atoms with Crippen LogP contribution in [0.4, 0.5) is 10.1 Å². The highest BCUT2D eigenvalue weighted by atomic mass is 35.5. The molecule has 152 valence electrons. The monoisotopic (exact) mass is 416 g/mol. The van der Waals surface area contributed by atoms with E-state index >= 15 is 0 Å². The van der Waals surface area contributed by atoms with Gasteiger partial charge in [-0.1, -0.05) is 37.1 Å². The summed E-state index contributed by atoms with van der Waals surface area (Å²) in [6.45, 7) is 2.37. The number of benzene rings is 2. The molecule has 0 spiro atoms. The van der Waals surface area contributed by atoms with E-state index in [1.165, 1.54) is 6.07 Å². The molecule has 2 aromatic rings. The maximum absolute atomic E-state index is 14.5. The minimum atomic E-state index is -0.852. The van der Waals surface area contributed by atoms with Crippen molar-refractivity contribution in [1.82, 2.24) is 0 Å². The summed E-state index contributed by atoms with van der Waals surface area (Å²) in [7, 11) is 0. The van der Waals surface area contributed by atoms with Gasteiger partial charge >= 0.3 is 5.97 Å². The van der Waals surface area contributed by atoms with Crippen molar-refractivity contribution >= 4 is 34.9 Å². The number of hydrogen-bond acceptors (Lipinski definition) is 4. The lowest BCUT2D eigenvalue weighted by atomic mass is 10.00. The van der Waals surface area contributed by atoms with Crippen LogP contribution in [0, 0.1) is 5.82 Å². The zero-order chi connectivity index (χ0) is 20.8. The highest BCUT2D eigenvalue weighted by Gasteiger charge is 2.27. The molecule has 29 heavy (non-hydrogen) atoms. The molecule has 1 N–H and O–H groups in total. The first-order valence-corrected chi connectivity index (χ1v) is 9.96. The van der Waals surface area contributed by atoms with Crippen LogP contribution in [0.25, 0.3) is 0 Å². The maximum atomic E-state index is 14.5. The fourth-order valence-corrected chi connectivity index (χ4v) is 3.21. The molecule has 0 fully saturated rings. The van der Waals surface area contributed by atoms with Crippen LogP contribution in [-0.4, -0.2) is 30.2 Å². The van der Waals surface area contributed by atoms with Crippen molar-refractivity contribution in [3.8, 4) is 0 Å². The molecule has 0 radical (unpaired) electrons. The number of aliphatic imine (C=N–C) groups is 1. The predicted octanol–water partition coefficient (Wildman–Crippen LogP) is 4.76. The third-order valence-electron chi connectivity index (χ3n) is 4.59. The number of halogens is 2. The molecule has 1 atom stereocenters. The summed E-state index contributed by atoms with van der Waals surface area (Å²) in [5, 5.41) is 3.25. The van der Waals surface area contributed by atoms with Gasteiger partial charge in [-0.05, 0) is 43.2 Å². The number of unbranched alkanes of at least 4 members (excludes halogenated alkanes) is 1. The number of carbonyl (C=O) groups excluding carboxylic acids is 2. The second kappa shape index (κ2) is 9.65. The number of hydrogen-bond donors (Lipinski definition) is 1. The molecule has 0 unspecified atom stereocenters. The van der Waals surface area contributed by atoms with E-state index in [1.807, 2.05) is 6.92 Å². The Kier molecular flexibility index (Phi) is 6.99. The highest BCUT2D eigenvalue weighted by molar-refractivity contribution is 6.32. The first-order valence-electron chi connectivity index (χ1n) is 9.58. The van der Waals surface area contributed by atoms with E-state index in [-0.39, 0.29) is 30.3 Å². The van der Waals surface area contributed by atoms with Gasteiger partial charge in [-0.15, -0.1) is 0 Å². The van der Waals surface area contributed by atoms with Crippen molar-refractivity contribution < 1.29 is 18.7 Å². The van der Waals surface area contributed by atoms with Crippen LogP contribution in [0.3, 0.4) is 0 Å². The van der Waals surface area contributed by atoms with E-state index in [2.05, 4.69) is 10.3 Å². The van der Waals surface area contributed by atoms with Crippen LogP contribution in [0.1, 0.15) is 43.7 Å². The van der Waals surface area contributed by atoms with Gasteiger partial charge in [-0.3, -0.25) is 14.6 Å². The zero-order valence-electron chi connectivity index (χ0n) is 16.1. The number of rotatable bonds is 7. The van der Waals surface area contributed by atoms with Crippen LogP contribution in [0.5, 0.6) is 0 Å². The Morgan fingerprint density at radius 3 is 2.79 bits per heavy atom. The van der Waals surface area contributed by atoms with E-state index in [0.717, 1.165) is 12.8 Å². The van der Waals surface area contributed by atoms with Crippen molar-refractivity contribution in [2.75, 3.05) is 11.9 Å². The van der Waals surface area contributed by atoms with Gasteiger partial charge in [-0.25, -0.2) is 4.39 Å². The number of carbonyl (C=O) groups is 2. The van der Waals surface area contributed by atoms with Crippen LogP contribution in [0.15, 0.2) is 47.5 Å². The Morgan fingerprint density at radius 1 is 1.24 bits per heavy atom. The quantitative estimate of drug-likeness (QED) is 0.522. The van der Waals surface area contributed by atoms with E-state index < -0.39 is 11.9 Å². The van der Waals surface area contributed by atoms with Gasteiger partial charge in [0.15, 0.2) is 0 Å². The Labute approximate surface area is 173 Å². The first-order chi connectivity index (χ1) is 14.0. The molecule has 0 saturated carbocycles. The predicted molar refractivity (Wildman–Crippen MR) is 111 cm³/mol. The van der Waals surface area contributed by atoms with Crippen LogP contribution in [0.2, 0.25) is 5.02 Å². The molecular formula is C22H22ClFN2O3. The Morgan fingerprint density at radius 2 is 2.03 bits per heavy atom. The molecule has 0 aromatic heterocycles. The minimum absolute atomic E-state index is 0.0486. The number of nitrogens with one attached hydrogen (secondary N) is 1. The lowest BCUT2D eigenvalue weighted by Crippen LogP contribution is -2.26. The van der Waals surface area contributed by atoms with Crippen molar-refractivity contribution in [2.45, 2.75) is 38.6 Å². The molecule has 1 aliphatic heterocycles. The minimum Gasteiger partial charge on any atom is -0.466 e. The molecule has 1 heterocycles. The third-order valence-corrected chi connectivity index (χ3v) is 4.83. The molecule has 7 heteroatoms. The van der Waals surface area contributed by atoms with E-state index in [1.54, 1.807) is 36.4 Å². The SMILES string of the molecule is CCCCOC(=O)CC[C@@H]1N=C(c2ccccc2F)c2cc(Cl)ccc2NC1=O. The Balaban J connectivity index is 1.92. The average Bonchev–Trinajstić information content (AvgIpc) is 2.83. The van der Waals surface area contributed by atoms with Gasteiger partial charge in [0.2, 0.25) is 5.91 Å². The van der Waals surface area contributed by atoms with E-state index in [4.69, 9.17) is 16.3 Å². The third kappa shape index (κ3) is 5.21. The van der Waals surface area contributed by atoms with Crippen molar-refractivity contribution in [2.24, 2.45) is 4.99 Å². The van der Waals surface area contributed by atoms with Gasteiger partial charge in [0.05, 0.1) is 18.0 Å². The molecule has 1 amide bonds. The summed E-state index contributed by atoms with van der Waals surface area (Å²) in [5.74, 6) is -1.19. The van der Waals surface area contributed by atoms with E-state index in [0.29, 0.717) is 28.6 Å². The summed E-state index contributed by atoms with van der Waals surface area (Å²) in [6.07, 6.45) is 1.93. The molecular weight excluding hydrogens is 395 g/mol. The summed E-state index contributed by atoms with van der Waals surface area (Å²) in [4.78, 5) is 29.2. The topological polar surface area (TPSA) is 67.8 Å². The van der Waals surface area contributed by atoms with Crippen LogP contribution >= 0.6 is 11.6 Å². The summed E-state index contributed by atoms with van der Waals surface area (Å²) in [6, 6.07) is 10.3. The molecule has 2 aromatic carbocycles.